The molecule has 21 heavy (non-hydrogen) atoms. The second-order valence-corrected chi connectivity index (χ2v) is 6.11. The number of hydrogen-bond donors (Lipinski definition) is 1. The van der Waals surface area contributed by atoms with Crippen LogP contribution in [0.25, 0.3) is 0 Å². The molecule has 0 spiro atoms. The third kappa shape index (κ3) is 2.64. The molecule has 0 bridgehead atoms. The largest absolute Gasteiger partial charge is 0.497 e. The fourth-order valence-electron chi connectivity index (χ4n) is 3.11. The van der Waals surface area contributed by atoms with Crippen molar-refractivity contribution in [2.75, 3.05) is 14.2 Å². The van der Waals surface area contributed by atoms with Crippen molar-refractivity contribution in [3.63, 3.8) is 0 Å². The molecule has 4 heteroatoms. The van der Waals surface area contributed by atoms with Gasteiger partial charge in [0.2, 0.25) is 0 Å². The number of hydrogen-bond acceptors (Lipinski definition) is 2. The maximum Gasteiger partial charge on any atom is 0.119 e. The molecule has 0 saturated heterocycles. The molecule has 2 aromatic carbocycles. The molecule has 0 aliphatic heterocycles. The molecule has 110 valence electrons. The Morgan fingerprint density at radius 1 is 1.05 bits per heavy atom. The lowest BCUT2D eigenvalue weighted by molar-refractivity contribution is 0.414. The molecule has 1 aliphatic carbocycles. The van der Waals surface area contributed by atoms with Gasteiger partial charge in [-0.05, 0) is 54.4 Å². The summed E-state index contributed by atoms with van der Waals surface area (Å²) >= 11 is 12.2. The van der Waals surface area contributed by atoms with Crippen molar-refractivity contribution in [2.45, 2.75) is 18.4 Å². The van der Waals surface area contributed by atoms with Gasteiger partial charge in [0.15, 0.2) is 0 Å². The normalized spacial score (nSPS) is 20.4. The van der Waals surface area contributed by atoms with Gasteiger partial charge in [0.1, 0.15) is 5.75 Å². The Morgan fingerprint density at radius 2 is 1.86 bits per heavy atom. The highest BCUT2D eigenvalue weighted by Gasteiger charge is 2.31. The van der Waals surface area contributed by atoms with Crippen LogP contribution in [0.2, 0.25) is 10.0 Å². The van der Waals surface area contributed by atoms with E-state index in [0.717, 1.165) is 12.2 Å². The first-order valence-corrected chi connectivity index (χ1v) is 7.69. The number of fused-ring (bicyclic) bond motifs is 1. The van der Waals surface area contributed by atoms with E-state index in [0.29, 0.717) is 22.0 Å². The fraction of sp³-hybridized carbons (Fsp3) is 0.294. The van der Waals surface area contributed by atoms with E-state index in [-0.39, 0.29) is 0 Å². The third-order valence-corrected chi connectivity index (χ3v) is 4.95. The Hall–Kier alpha value is -1.22. The molecule has 2 aromatic rings. The van der Waals surface area contributed by atoms with Gasteiger partial charge in [0.05, 0.1) is 17.2 Å². The van der Waals surface area contributed by atoms with Crippen LogP contribution in [0, 0.1) is 0 Å². The Kier molecular flexibility index (Phi) is 4.12. The van der Waals surface area contributed by atoms with Crippen LogP contribution in [0.3, 0.4) is 0 Å². The fourth-order valence-corrected chi connectivity index (χ4v) is 3.41. The molecule has 0 aromatic heterocycles. The molecule has 0 saturated carbocycles. The molecule has 0 heterocycles. The highest BCUT2D eigenvalue weighted by molar-refractivity contribution is 6.42. The maximum atomic E-state index is 6.18. The molecule has 0 radical (unpaired) electrons. The lowest BCUT2D eigenvalue weighted by Gasteiger charge is -2.14. The minimum atomic E-state index is 0.308. The summed E-state index contributed by atoms with van der Waals surface area (Å²) in [6.07, 6.45) is 1.01. The molecular formula is C17H17Cl2NO. The Bertz CT molecular complexity index is 672. The van der Waals surface area contributed by atoms with Crippen molar-refractivity contribution in [2.24, 2.45) is 0 Å². The van der Waals surface area contributed by atoms with Crippen molar-refractivity contribution in [3.8, 4) is 5.75 Å². The van der Waals surface area contributed by atoms with E-state index >= 15 is 0 Å². The van der Waals surface area contributed by atoms with Crippen LogP contribution in [0.15, 0.2) is 36.4 Å². The zero-order valence-electron chi connectivity index (χ0n) is 12.0. The lowest BCUT2D eigenvalue weighted by Crippen LogP contribution is -2.13. The molecular weight excluding hydrogens is 305 g/mol. The van der Waals surface area contributed by atoms with Crippen LogP contribution in [-0.2, 0) is 0 Å². The van der Waals surface area contributed by atoms with Gasteiger partial charge < -0.3 is 10.1 Å². The molecule has 0 amide bonds. The van der Waals surface area contributed by atoms with Gasteiger partial charge in [-0.2, -0.15) is 0 Å². The van der Waals surface area contributed by atoms with Crippen molar-refractivity contribution < 1.29 is 4.74 Å². The average Bonchev–Trinajstić information content (AvgIpc) is 2.87. The van der Waals surface area contributed by atoms with E-state index in [4.69, 9.17) is 27.9 Å². The lowest BCUT2D eigenvalue weighted by atomic mass is 9.93. The smallest absolute Gasteiger partial charge is 0.119 e. The maximum absolute atomic E-state index is 6.18. The summed E-state index contributed by atoms with van der Waals surface area (Å²) in [7, 11) is 3.69. The Balaban J connectivity index is 2.07. The van der Waals surface area contributed by atoms with E-state index < -0.39 is 0 Å². The van der Waals surface area contributed by atoms with Crippen LogP contribution >= 0.6 is 23.2 Å². The van der Waals surface area contributed by atoms with Crippen molar-refractivity contribution >= 4 is 23.2 Å². The standard InChI is InChI=1S/C17H17Cl2NO/c1-20-17-9-13(10-3-6-15(18)16(19)7-10)14-8-11(21-2)4-5-12(14)17/h3-8,13,17,20H,9H2,1-2H3/t13-,17+/m0/s1. The van der Waals surface area contributed by atoms with Crippen LogP contribution < -0.4 is 10.1 Å². The van der Waals surface area contributed by atoms with E-state index in [1.807, 2.05) is 25.2 Å². The monoisotopic (exact) mass is 321 g/mol. The predicted molar refractivity (Wildman–Crippen MR) is 87.7 cm³/mol. The zero-order valence-corrected chi connectivity index (χ0v) is 13.5. The van der Waals surface area contributed by atoms with E-state index in [1.54, 1.807) is 7.11 Å². The second kappa shape index (κ2) is 5.88. The highest BCUT2D eigenvalue weighted by Crippen LogP contribution is 2.45. The number of rotatable bonds is 3. The van der Waals surface area contributed by atoms with Gasteiger partial charge in [-0.3, -0.25) is 0 Å². The number of benzene rings is 2. The third-order valence-electron chi connectivity index (χ3n) is 4.21. The summed E-state index contributed by atoms with van der Waals surface area (Å²) in [5, 5.41) is 4.58. The molecule has 2 nitrogen and oxygen atoms in total. The second-order valence-electron chi connectivity index (χ2n) is 5.30. The SMILES string of the molecule is CN[C@@H]1C[C@@H](c2ccc(Cl)c(Cl)c2)c2cc(OC)ccc21. The number of nitrogens with one attached hydrogen (secondary N) is 1. The van der Waals surface area contributed by atoms with Crippen molar-refractivity contribution in [1.82, 2.24) is 5.32 Å². The topological polar surface area (TPSA) is 21.3 Å². The first-order valence-electron chi connectivity index (χ1n) is 6.94. The van der Waals surface area contributed by atoms with Gasteiger partial charge >= 0.3 is 0 Å². The molecule has 1 N–H and O–H groups in total. The quantitative estimate of drug-likeness (QED) is 0.876. The Labute approximate surface area is 135 Å². The van der Waals surface area contributed by atoms with Crippen LogP contribution in [0.5, 0.6) is 5.75 Å². The summed E-state index contributed by atoms with van der Waals surface area (Å²) in [6, 6.07) is 12.5. The molecule has 1 aliphatic rings. The highest BCUT2D eigenvalue weighted by atomic mass is 35.5. The zero-order chi connectivity index (χ0) is 15.0. The van der Waals surface area contributed by atoms with Gasteiger partial charge in [0.25, 0.3) is 0 Å². The Morgan fingerprint density at radius 3 is 2.52 bits per heavy atom. The minimum Gasteiger partial charge on any atom is -0.497 e. The molecule has 0 fully saturated rings. The minimum absolute atomic E-state index is 0.308. The van der Waals surface area contributed by atoms with Crippen LogP contribution in [-0.4, -0.2) is 14.2 Å². The first-order chi connectivity index (χ1) is 10.1. The van der Waals surface area contributed by atoms with E-state index in [2.05, 4.69) is 23.5 Å². The number of halogens is 2. The summed E-state index contributed by atoms with van der Waals surface area (Å²) in [6.45, 7) is 0. The number of methoxy groups -OCH3 is 1. The van der Waals surface area contributed by atoms with Crippen LogP contribution in [0.1, 0.15) is 35.1 Å². The first kappa shape index (κ1) is 14.7. The van der Waals surface area contributed by atoms with Crippen molar-refractivity contribution in [1.29, 1.82) is 0 Å². The average molecular weight is 322 g/mol. The molecule has 3 rings (SSSR count). The predicted octanol–water partition coefficient (Wildman–Crippen LogP) is 4.80. The van der Waals surface area contributed by atoms with E-state index in [1.165, 1.54) is 16.7 Å². The van der Waals surface area contributed by atoms with Gasteiger partial charge in [-0.1, -0.05) is 35.3 Å². The van der Waals surface area contributed by atoms with E-state index in [9.17, 15) is 0 Å². The summed E-state index contributed by atoms with van der Waals surface area (Å²) < 4.78 is 5.37. The molecule has 2 atom stereocenters. The summed E-state index contributed by atoms with van der Waals surface area (Å²) in [4.78, 5) is 0. The van der Waals surface area contributed by atoms with Crippen LogP contribution in [0.4, 0.5) is 0 Å². The van der Waals surface area contributed by atoms with Gasteiger partial charge in [-0.25, -0.2) is 0 Å². The van der Waals surface area contributed by atoms with Gasteiger partial charge in [0, 0.05) is 12.0 Å². The van der Waals surface area contributed by atoms with Crippen molar-refractivity contribution in [3.05, 3.63) is 63.1 Å². The van der Waals surface area contributed by atoms with Gasteiger partial charge in [-0.15, -0.1) is 0 Å². The number of ether oxygens (including phenoxy) is 1. The summed E-state index contributed by atoms with van der Waals surface area (Å²) in [5.74, 6) is 1.19. The molecule has 0 unspecified atom stereocenters. The summed E-state index contributed by atoms with van der Waals surface area (Å²) in [5.41, 5.74) is 3.82.